The highest BCUT2D eigenvalue weighted by Gasteiger charge is 2.21. The SMILES string of the molecule is CCC.OC1CCN(CC2CCCCC2)CC1. The van der Waals surface area contributed by atoms with Gasteiger partial charge in [0.2, 0.25) is 0 Å². The Balaban J connectivity index is 0.000000437. The van der Waals surface area contributed by atoms with Crippen LogP contribution in [0.15, 0.2) is 0 Å². The van der Waals surface area contributed by atoms with Crippen LogP contribution in [0.5, 0.6) is 0 Å². The molecule has 1 saturated carbocycles. The van der Waals surface area contributed by atoms with Gasteiger partial charge >= 0.3 is 0 Å². The predicted molar refractivity (Wildman–Crippen MR) is 74.2 cm³/mol. The second-order valence-corrected chi connectivity index (χ2v) is 5.74. The van der Waals surface area contributed by atoms with Crippen molar-refractivity contribution in [1.82, 2.24) is 4.90 Å². The molecule has 2 aliphatic rings. The molecule has 2 rings (SSSR count). The van der Waals surface area contributed by atoms with Crippen molar-refractivity contribution >= 4 is 0 Å². The van der Waals surface area contributed by atoms with Gasteiger partial charge in [-0.3, -0.25) is 0 Å². The lowest BCUT2D eigenvalue weighted by Crippen LogP contribution is -2.39. The Morgan fingerprint density at radius 3 is 2.00 bits per heavy atom. The molecule has 1 saturated heterocycles. The standard InChI is InChI=1S/C12H23NO.C3H8/c14-12-6-8-13(9-7-12)10-11-4-2-1-3-5-11;1-3-2/h11-12,14H,1-10H2;3H2,1-2H3. The summed E-state index contributed by atoms with van der Waals surface area (Å²) in [7, 11) is 0. The van der Waals surface area contributed by atoms with Crippen molar-refractivity contribution in [1.29, 1.82) is 0 Å². The first-order valence-corrected chi connectivity index (χ1v) is 7.66. The average Bonchev–Trinajstić information content (AvgIpc) is 2.35. The molecule has 2 fully saturated rings. The van der Waals surface area contributed by atoms with Gasteiger partial charge in [0.25, 0.3) is 0 Å². The quantitative estimate of drug-likeness (QED) is 0.800. The second kappa shape index (κ2) is 8.93. The zero-order chi connectivity index (χ0) is 12.5. The second-order valence-electron chi connectivity index (χ2n) is 5.74. The molecule has 1 aliphatic carbocycles. The molecule has 1 N–H and O–H groups in total. The summed E-state index contributed by atoms with van der Waals surface area (Å²) in [4.78, 5) is 2.56. The van der Waals surface area contributed by atoms with Crippen LogP contribution >= 0.6 is 0 Å². The smallest absolute Gasteiger partial charge is 0.0564 e. The number of hydrogen-bond acceptors (Lipinski definition) is 2. The number of aliphatic hydroxyl groups is 1. The molecule has 0 aromatic rings. The number of hydrogen-bond donors (Lipinski definition) is 1. The van der Waals surface area contributed by atoms with Crippen molar-refractivity contribution in [2.24, 2.45) is 5.92 Å². The van der Waals surface area contributed by atoms with Gasteiger partial charge in [-0.2, -0.15) is 0 Å². The summed E-state index contributed by atoms with van der Waals surface area (Å²) < 4.78 is 0. The Hall–Kier alpha value is -0.0800. The summed E-state index contributed by atoms with van der Waals surface area (Å²) in [5, 5.41) is 9.41. The van der Waals surface area contributed by atoms with E-state index in [2.05, 4.69) is 18.7 Å². The van der Waals surface area contributed by atoms with Crippen LogP contribution in [-0.4, -0.2) is 35.7 Å². The van der Waals surface area contributed by atoms with Crippen molar-refractivity contribution < 1.29 is 5.11 Å². The highest BCUT2D eigenvalue weighted by Crippen LogP contribution is 2.25. The maximum Gasteiger partial charge on any atom is 0.0564 e. The van der Waals surface area contributed by atoms with Crippen LogP contribution in [0, 0.1) is 5.92 Å². The van der Waals surface area contributed by atoms with Gasteiger partial charge < -0.3 is 10.0 Å². The summed E-state index contributed by atoms with van der Waals surface area (Å²) in [6.45, 7) is 7.79. The molecule has 0 atom stereocenters. The summed E-state index contributed by atoms with van der Waals surface area (Å²) in [6, 6.07) is 0. The molecule has 0 unspecified atom stereocenters. The largest absolute Gasteiger partial charge is 0.393 e. The summed E-state index contributed by atoms with van der Waals surface area (Å²) in [6.07, 6.45) is 10.5. The van der Waals surface area contributed by atoms with Gasteiger partial charge in [0.15, 0.2) is 0 Å². The van der Waals surface area contributed by atoms with Crippen LogP contribution in [0.3, 0.4) is 0 Å². The normalized spacial score (nSPS) is 24.2. The van der Waals surface area contributed by atoms with Crippen molar-refractivity contribution in [3.8, 4) is 0 Å². The van der Waals surface area contributed by atoms with Crippen LogP contribution in [0.2, 0.25) is 0 Å². The number of aliphatic hydroxyl groups excluding tert-OH is 1. The van der Waals surface area contributed by atoms with Crippen molar-refractivity contribution in [2.75, 3.05) is 19.6 Å². The Bertz CT molecular complexity index is 170. The molecular weight excluding hydrogens is 210 g/mol. The molecule has 0 aromatic carbocycles. The van der Waals surface area contributed by atoms with E-state index in [9.17, 15) is 5.11 Å². The lowest BCUT2D eigenvalue weighted by Gasteiger charge is -2.33. The number of rotatable bonds is 2. The molecule has 0 radical (unpaired) electrons. The van der Waals surface area contributed by atoms with E-state index < -0.39 is 0 Å². The van der Waals surface area contributed by atoms with E-state index in [1.165, 1.54) is 45.1 Å². The van der Waals surface area contributed by atoms with Crippen molar-refractivity contribution in [3.05, 3.63) is 0 Å². The minimum atomic E-state index is -0.0161. The first kappa shape index (κ1) is 15.0. The van der Waals surface area contributed by atoms with Gasteiger partial charge in [0.1, 0.15) is 0 Å². The Kier molecular flexibility index (Phi) is 7.87. The number of piperidine rings is 1. The zero-order valence-corrected chi connectivity index (χ0v) is 11.8. The monoisotopic (exact) mass is 241 g/mol. The molecule has 0 amide bonds. The van der Waals surface area contributed by atoms with Gasteiger partial charge in [-0.25, -0.2) is 0 Å². The van der Waals surface area contributed by atoms with E-state index in [1.807, 2.05) is 0 Å². The molecule has 1 aliphatic heterocycles. The highest BCUT2D eigenvalue weighted by atomic mass is 16.3. The maximum atomic E-state index is 9.41. The van der Waals surface area contributed by atoms with Crippen LogP contribution in [0.4, 0.5) is 0 Å². The fourth-order valence-electron chi connectivity index (χ4n) is 2.84. The van der Waals surface area contributed by atoms with Crippen LogP contribution in [-0.2, 0) is 0 Å². The van der Waals surface area contributed by atoms with Crippen LogP contribution in [0.1, 0.15) is 65.2 Å². The molecule has 2 heteroatoms. The summed E-state index contributed by atoms with van der Waals surface area (Å²) in [5.74, 6) is 0.957. The number of nitrogens with zero attached hydrogens (tertiary/aromatic N) is 1. The van der Waals surface area contributed by atoms with Crippen molar-refractivity contribution in [2.45, 2.75) is 71.3 Å². The lowest BCUT2D eigenvalue weighted by molar-refractivity contribution is 0.0710. The maximum absolute atomic E-state index is 9.41. The van der Waals surface area contributed by atoms with E-state index in [1.54, 1.807) is 0 Å². The van der Waals surface area contributed by atoms with E-state index in [0.717, 1.165) is 31.8 Å². The number of likely N-dealkylation sites (tertiary alicyclic amines) is 1. The van der Waals surface area contributed by atoms with Gasteiger partial charge in [-0.1, -0.05) is 39.5 Å². The molecule has 0 aromatic heterocycles. The third kappa shape index (κ3) is 6.42. The Morgan fingerprint density at radius 1 is 0.941 bits per heavy atom. The molecule has 2 nitrogen and oxygen atoms in total. The third-order valence-corrected chi connectivity index (χ3v) is 3.80. The van der Waals surface area contributed by atoms with Crippen LogP contribution in [0.25, 0.3) is 0 Å². The van der Waals surface area contributed by atoms with Gasteiger partial charge in [0.05, 0.1) is 6.10 Å². The Labute approximate surface area is 107 Å². The van der Waals surface area contributed by atoms with Crippen molar-refractivity contribution in [3.63, 3.8) is 0 Å². The first-order chi connectivity index (χ1) is 8.26. The molecule has 17 heavy (non-hydrogen) atoms. The minimum absolute atomic E-state index is 0.0161. The van der Waals surface area contributed by atoms with Gasteiger partial charge in [-0.05, 0) is 31.6 Å². The molecular formula is C15H31NO. The molecule has 0 bridgehead atoms. The van der Waals surface area contributed by atoms with E-state index >= 15 is 0 Å². The minimum Gasteiger partial charge on any atom is -0.393 e. The van der Waals surface area contributed by atoms with E-state index in [0.29, 0.717) is 0 Å². The zero-order valence-electron chi connectivity index (χ0n) is 11.8. The third-order valence-electron chi connectivity index (χ3n) is 3.80. The van der Waals surface area contributed by atoms with E-state index in [-0.39, 0.29) is 6.10 Å². The fraction of sp³-hybridized carbons (Fsp3) is 1.00. The molecule has 102 valence electrons. The topological polar surface area (TPSA) is 23.5 Å². The van der Waals surface area contributed by atoms with Gasteiger partial charge in [-0.15, -0.1) is 0 Å². The molecule has 0 spiro atoms. The summed E-state index contributed by atoms with van der Waals surface area (Å²) >= 11 is 0. The summed E-state index contributed by atoms with van der Waals surface area (Å²) in [5.41, 5.74) is 0. The fourth-order valence-corrected chi connectivity index (χ4v) is 2.84. The van der Waals surface area contributed by atoms with Crippen LogP contribution < -0.4 is 0 Å². The Morgan fingerprint density at radius 2 is 1.47 bits per heavy atom. The average molecular weight is 241 g/mol. The predicted octanol–water partition coefficient (Wildman–Crippen LogP) is 3.44. The van der Waals surface area contributed by atoms with E-state index in [4.69, 9.17) is 0 Å². The molecule has 1 heterocycles. The first-order valence-electron chi connectivity index (χ1n) is 7.66. The lowest BCUT2D eigenvalue weighted by atomic mass is 9.88. The highest BCUT2D eigenvalue weighted by molar-refractivity contribution is 4.75. The van der Waals surface area contributed by atoms with Gasteiger partial charge in [0, 0.05) is 19.6 Å².